The molecule has 8 nitrogen and oxygen atoms in total. The van der Waals surface area contributed by atoms with Gasteiger partial charge in [0.15, 0.2) is 0 Å². The number of nitrogens with two attached hydrogens (primary N) is 1. The van der Waals surface area contributed by atoms with Crippen LogP contribution in [0.3, 0.4) is 0 Å². The number of hydrogen-bond acceptors (Lipinski definition) is 4. The number of carbonyl (C=O) groups is 2. The van der Waals surface area contributed by atoms with E-state index in [0.717, 1.165) is 35.1 Å². The molecule has 32 heavy (non-hydrogen) atoms. The van der Waals surface area contributed by atoms with Crippen molar-refractivity contribution in [3.05, 3.63) is 59.7 Å². The lowest BCUT2D eigenvalue weighted by Crippen LogP contribution is -2.47. The summed E-state index contributed by atoms with van der Waals surface area (Å²) >= 11 is 0. The molecule has 1 atom stereocenters. The van der Waals surface area contributed by atoms with Crippen molar-refractivity contribution in [3.63, 3.8) is 0 Å². The second kappa shape index (κ2) is 12.4. The molecule has 0 spiro atoms. The van der Waals surface area contributed by atoms with Gasteiger partial charge in [0.1, 0.15) is 6.04 Å². The number of unbranched alkanes of at least 4 members (excludes halogenated alkanes) is 1. The fourth-order valence-corrected chi connectivity index (χ4v) is 3.70. The molecule has 0 aromatic heterocycles. The van der Waals surface area contributed by atoms with Crippen molar-refractivity contribution >= 4 is 11.9 Å². The number of aliphatic carboxylic acids is 1. The molecule has 0 fully saturated rings. The summed E-state index contributed by atoms with van der Waals surface area (Å²) < 4.78 is 0. The van der Waals surface area contributed by atoms with E-state index in [1.165, 1.54) is 4.90 Å². The van der Waals surface area contributed by atoms with Crippen LogP contribution in [0.15, 0.2) is 59.0 Å². The number of rotatable bonds is 12. The van der Waals surface area contributed by atoms with E-state index in [1.54, 1.807) is 0 Å². The van der Waals surface area contributed by atoms with Gasteiger partial charge >= 0.3 is 5.97 Å². The van der Waals surface area contributed by atoms with Gasteiger partial charge in [0.2, 0.25) is 5.91 Å². The highest BCUT2D eigenvalue weighted by Gasteiger charge is 2.32. The summed E-state index contributed by atoms with van der Waals surface area (Å²) in [7, 11) is 0. The van der Waals surface area contributed by atoms with E-state index in [2.05, 4.69) is 15.9 Å². The van der Waals surface area contributed by atoms with Gasteiger partial charge in [-0.05, 0) is 34.6 Å². The van der Waals surface area contributed by atoms with E-state index in [4.69, 9.17) is 5.84 Å². The summed E-state index contributed by atoms with van der Waals surface area (Å²) in [4.78, 5) is 26.3. The maximum Gasteiger partial charge on any atom is 0.326 e. The van der Waals surface area contributed by atoms with Gasteiger partial charge in [0.25, 0.3) is 0 Å². The molecule has 8 heteroatoms. The normalized spacial score (nSPS) is 12.1. The maximum absolute atomic E-state index is 12.8. The molecular formula is C24H33N5O3. The quantitative estimate of drug-likeness (QED) is 0.258. The van der Waals surface area contributed by atoms with Gasteiger partial charge in [-0.1, -0.05) is 86.2 Å². The van der Waals surface area contributed by atoms with Crippen LogP contribution in [0.5, 0.6) is 0 Å². The van der Waals surface area contributed by atoms with Crippen LogP contribution in [0.25, 0.3) is 11.1 Å². The van der Waals surface area contributed by atoms with Crippen LogP contribution in [-0.2, 0) is 22.7 Å². The van der Waals surface area contributed by atoms with Crippen molar-refractivity contribution in [1.82, 2.24) is 10.3 Å². The molecule has 4 N–H and O–H groups in total. The van der Waals surface area contributed by atoms with Gasteiger partial charge in [0, 0.05) is 13.0 Å². The Kier molecular flexibility index (Phi) is 9.66. The third-order valence-electron chi connectivity index (χ3n) is 5.32. The summed E-state index contributed by atoms with van der Waals surface area (Å²) in [5, 5.41) is 16.6. The van der Waals surface area contributed by atoms with Crippen molar-refractivity contribution in [2.24, 2.45) is 22.2 Å². The summed E-state index contributed by atoms with van der Waals surface area (Å²) in [6, 6.07) is 14.9. The second-order valence-electron chi connectivity index (χ2n) is 8.06. The Bertz CT molecular complexity index is 912. The van der Waals surface area contributed by atoms with Gasteiger partial charge in [-0.3, -0.25) is 10.2 Å². The lowest BCUT2D eigenvalue weighted by Gasteiger charge is -2.32. The minimum Gasteiger partial charge on any atom is -0.480 e. The monoisotopic (exact) mass is 439 g/mol. The Hall–Kier alpha value is -3.42. The average molecular weight is 440 g/mol. The van der Waals surface area contributed by atoms with E-state index in [1.807, 2.05) is 69.3 Å². The molecule has 0 saturated heterocycles. The second-order valence-corrected chi connectivity index (χ2v) is 8.06. The van der Waals surface area contributed by atoms with Crippen LogP contribution in [0.2, 0.25) is 0 Å². The molecule has 2 rings (SSSR count). The summed E-state index contributed by atoms with van der Waals surface area (Å²) in [5.41, 5.74) is 6.77. The Labute approximate surface area is 189 Å². The Morgan fingerprint density at radius 2 is 1.81 bits per heavy atom. The molecule has 1 amide bonds. The molecule has 0 radical (unpaired) electrons. The minimum absolute atomic E-state index is 0.123. The predicted octanol–water partition coefficient (Wildman–Crippen LogP) is 4.31. The van der Waals surface area contributed by atoms with E-state index in [-0.39, 0.29) is 18.4 Å². The average Bonchev–Trinajstić information content (AvgIpc) is 2.77. The van der Waals surface area contributed by atoms with Crippen LogP contribution >= 0.6 is 0 Å². The Morgan fingerprint density at radius 3 is 2.41 bits per heavy atom. The topological polar surface area (TPSA) is 120 Å². The molecule has 0 aliphatic heterocycles. The smallest absolute Gasteiger partial charge is 0.326 e. The maximum atomic E-state index is 12.8. The van der Waals surface area contributed by atoms with Crippen LogP contribution in [-0.4, -0.2) is 27.9 Å². The highest BCUT2D eigenvalue weighted by molar-refractivity contribution is 5.84. The summed E-state index contributed by atoms with van der Waals surface area (Å²) in [6.45, 7) is 6.42. The number of nitrogens with zero attached hydrogens (tertiary/aromatic N) is 3. The number of benzene rings is 2. The molecular weight excluding hydrogens is 406 g/mol. The zero-order chi connectivity index (χ0) is 23.5. The fourth-order valence-electron chi connectivity index (χ4n) is 3.70. The van der Waals surface area contributed by atoms with Gasteiger partial charge in [-0.25, -0.2) is 4.79 Å². The predicted molar refractivity (Wildman–Crippen MR) is 124 cm³/mol. The molecule has 0 saturated carbocycles. The first-order valence-electron chi connectivity index (χ1n) is 10.9. The molecule has 172 valence electrons. The summed E-state index contributed by atoms with van der Waals surface area (Å²) in [5.74, 6) is 3.75. The highest BCUT2D eigenvalue weighted by atomic mass is 16.4. The summed E-state index contributed by atoms with van der Waals surface area (Å²) in [6.07, 6.45) is 1.98. The van der Waals surface area contributed by atoms with Crippen LogP contribution < -0.4 is 11.3 Å². The third kappa shape index (κ3) is 6.80. The molecule has 2 aromatic rings. The third-order valence-corrected chi connectivity index (χ3v) is 5.32. The number of carboxylic acid groups (broad SMARTS) is 1. The molecule has 2 aromatic carbocycles. The largest absolute Gasteiger partial charge is 0.480 e. The Morgan fingerprint density at radius 1 is 1.12 bits per heavy atom. The van der Waals surface area contributed by atoms with Crippen LogP contribution in [0.1, 0.15) is 51.2 Å². The van der Waals surface area contributed by atoms with Gasteiger partial charge in [-0.2, -0.15) is 0 Å². The van der Waals surface area contributed by atoms with Crippen molar-refractivity contribution < 1.29 is 14.7 Å². The highest BCUT2D eigenvalue weighted by Crippen LogP contribution is 2.25. The zero-order valence-electron chi connectivity index (χ0n) is 19.0. The van der Waals surface area contributed by atoms with Crippen molar-refractivity contribution in [1.29, 1.82) is 0 Å². The first-order valence-corrected chi connectivity index (χ1v) is 10.9. The molecule has 0 aliphatic rings. The van der Waals surface area contributed by atoms with Crippen molar-refractivity contribution in [2.45, 2.75) is 59.2 Å². The number of nitrogens with one attached hydrogen (secondary N) is 1. The van der Waals surface area contributed by atoms with Crippen molar-refractivity contribution in [3.8, 4) is 11.1 Å². The Balaban J connectivity index is 2.26. The van der Waals surface area contributed by atoms with E-state index in [0.29, 0.717) is 13.0 Å². The number of hydrogen-bond donors (Lipinski definition) is 3. The molecule has 0 bridgehead atoms. The SMILES string of the molecule is CCCCC(=O)N(Cc1ccc(-c2ccccc2CN/N=N\N)cc1)C(C(=O)O)C(C)C. The zero-order valence-corrected chi connectivity index (χ0v) is 19.0. The van der Waals surface area contributed by atoms with Crippen LogP contribution in [0, 0.1) is 5.92 Å². The number of carboxylic acids is 1. The van der Waals surface area contributed by atoms with Gasteiger partial charge in [0.05, 0.1) is 6.54 Å². The van der Waals surface area contributed by atoms with E-state index < -0.39 is 12.0 Å². The number of carbonyl (C=O) groups excluding carboxylic acids is 1. The van der Waals surface area contributed by atoms with E-state index in [9.17, 15) is 14.7 Å². The lowest BCUT2D eigenvalue weighted by atomic mass is 9.97. The first-order chi connectivity index (χ1) is 15.4. The fraction of sp³-hybridized carbons (Fsp3) is 0.417. The van der Waals surface area contributed by atoms with Crippen LogP contribution in [0.4, 0.5) is 0 Å². The van der Waals surface area contributed by atoms with Gasteiger partial charge < -0.3 is 15.8 Å². The number of amides is 1. The van der Waals surface area contributed by atoms with Gasteiger partial charge in [-0.15, -0.1) is 0 Å². The molecule has 0 heterocycles. The minimum atomic E-state index is -0.975. The first kappa shape index (κ1) is 24.8. The lowest BCUT2D eigenvalue weighted by molar-refractivity contribution is -0.153. The molecule has 1 unspecified atom stereocenters. The molecule has 0 aliphatic carbocycles. The van der Waals surface area contributed by atoms with E-state index >= 15 is 0 Å². The van der Waals surface area contributed by atoms with Crippen molar-refractivity contribution in [2.75, 3.05) is 0 Å². The standard InChI is InChI=1S/C24H33N5O3/c1-4-5-10-22(30)29(23(17(2)3)24(31)32)16-18-11-13-19(14-12-18)21-9-7-6-8-20(21)15-26-28-27-25/h6-9,11-14,17,23H,4-5,10,15-16H2,1-3H3,(H2,25,28)(H,26,27)(H,31,32).